The molecule has 3 rings (SSSR count). The van der Waals surface area contributed by atoms with Crippen LogP contribution in [0.2, 0.25) is 0 Å². The van der Waals surface area contributed by atoms with Gasteiger partial charge in [-0.2, -0.15) is 0 Å². The molecular formula is C18H24N2. The van der Waals surface area contributed by atoms with Crippen LogP contribution in [-0.4, -0.2) is 26.2 Å². The molecule has 2 nitrogen and oxygen atoms in total. The molecule has 1 saturated heterocycles. The van der Waals surface area contributed by atoms with E-state index in [-0.39, 0.29) is 0 Å². The first-order valence-corrected chi connectivity index (χ1v) is 7.73. The van der Waals surface area contributed by atoms with Gasteiger partial charge in [0.2, 0.25) is 0 Å². The number of fused-ring (bicyclic) bond motifs is 1. The summed E-state index contributed by atoms with van der Waals surface area (Å²) in [6.45, 7) is 9.16. The SMILES string of the molecule is CCN(C[C@@H]1CNC[C@H]1C)c1cccc2ccccc12. The summed E-state index contributed by atoms with van der Waals surface area (Å²) in [4.78, 5) is 2.54. The summed E-state index contributed by atoms with van der Waals surface area (Å²) in [7, 11) is 0. The monoisotopic (exact) mass is 268 g/mol. The fraction of sp³-hybridized carbons (Fsp3) is 0.444. The normalized spacial score (nSPS) is 22.3. The molecule has 0 bridgehead atoms. The minimum Gasteiger partial charge on any atom is -0.371 e. The average Bonchev–Trinajstić information content (AvgIpc) is 2.89. The Morgan fingerprint density at radius 3 is 2.65 bits per heavy atom. The summed E-state index contributed by atoms with van der Waals surface area (Å²) < 4.78 is 0. The van der Waals surface area contributed by atoms with Crippen molar-refractivity contribution in [3.63, 3.8) is 0 Å². The first kappa shape index (κ1) is 13.4. The molecule has 1 aliphatic rings. The van der Waals surface area contributed by atoms with E-state index in [4.69, 9.17) is 0 Å². The topological polar surface area (TPSA) is 15.3 Å². The van der Waals surface area contributed by atoms with Crippen LogP contribution >= 0.6 is 0 Å². The second kappa shape index (κ2) is 5.84. The highest BCUT2D eigenvalue weighted by Crippen LogP contribution is 2.28. The van der Waals surface area contributed by atoms with Gasteiger partial charge in [0.15, 0.2) is 0 Å². The third-order valence-corrected chi connectivity index (χ3v) is 4.62. The first-order chi connectivity index (χ1) is 9.79. The van der Waals surface area contributed by atoms with Crippen molar-refractivity contribution in [3.05, 3.63) is 42.5 Å². The first-order valence-electron chi connectivity index (χ1n) is 7.73. The molecule has 20 heavy (non-hydrogen) atoms. The van der Waals surface area contributed by atoms with Crippen LogP contribution in [0.3, 0.4) is 0 Å². The Morgan fingerprint density at radius 1 is 1.10 bits per heavy atom. The van der Waals surface area contributed by atoms with Crippen LogP contribution in [0.5, 0.6) is 0 Å². The van der Waals surface area contributed by atoms with Gasteiger partial charge in [0.1, 0.15) is 0 Å². The highest BCUT2D eigenvalue weighted by atomic mass is 15.1. The van der Waals surface area contributed by atoms with E-state index < -0.39 is 0 Å². The second-order valence-corrected chi connectivity index (χ2v) is 5.93. The predicted molar refractivity (Wildman–Crippen MR) is 87.4 cm³/mol. The van der Waals surface area contributed by atoms with Crippen LogP contribution < -0.4 is 10.2 Å². The van der Waals surface area contributed by atoms with Gasteiger partial charge in [-0.25, -0.2) is 0 Å². The number of anilines is 1. The molecule has 0 aliphatic carbocycles. The van der Waals surface area contributed by atoms with Crippen LogP contribution in [0.25, 0.3) is 10.8 Å². The fourth-order valence-corrected chi connectivity index (χ4v) is 3.27. The van der Waals surface area contributed by atoms with Gasteiger partial charge in [-0.3, -0.25) is 0 Å². The van der Waals surface area contributed by atoms with Crippen molar-refractivity contribution in [2.75, 3.05) is 31.1 Å². The fourth-order valence-electron chi connectivity index (χ4n) is 3.27. The van der Waals surface area contributed by atoms with Crippen molar-refractivity contribution in [2.45, 2.75) is 13.8 Å². The van der Waals surface area contributed by atoms with E-state index in [1.165, 1.54) is 16.5 Å². The lowest BCUT2D eigenvalue weighted by molar-refractivity contribution is 0.450. The van der Waals surface area contributed by atoms with Gasteiger partial charge in [-0.1, -0.05) is 43.3 Å². The molecule has 0 spiro atoms. The molecule has 0 radical (unpaired) electrons. The Balaban J connectivity index is 1.91. The Bertz CT molecular complexity index is 573. The van der Waals surface area contributed by atoms with Crippen LogP contribution in [0.15, 0.2) is 42.5 Å². The summed E-state index contributed by atoms with van der Waals surface area (Å²) >= 11 is 0. The van der Waals surface area contributed by atoms with E-state index in [2.05, 4.69) is 66.5 Å². The van der Waals surface area contributed by atoms with Gasteiger partial charge in [-0.15, -0.1) is 0 Å². The lowest BCUT2D eigenvalue weighted by atomic mass is 9.97. The molecule has 0 unspecified atom stereocenters. The van der Waals surface area contributed by atoms with E-state index in [1.54, 1.807) is 0 Å². The largest absolute Gasteiger partial charge is 0.371 e. The van der Waals surface area contributed by atoms with Crippen molar-refractivity contribution >= 4 is 16.5 Å². The second-order valence-electron chi connectivity index (χ2n) is 5.93. The molecule has 106 valence electrons. The van der Waals surface area contributed by atoms with Gasteiger partial charge in [0.05, 0.1) is 0 Å². The van der Waals surface area contributed by atoms with Crippen LogP contribution in [0.4, 0.5) is 5.69 Å². The number of rotatable bonds is 4. The lowest BCUT2D eigenvalue weighted by Crippen LogP contribution is -2.32. The Hall–Kier alpha value is -1.54. The van der Waals surface area contributed by atoms with E-state index in [0.717, 1.165) is 38.0 Å². The number of nitrogens with one attached hydrogen (secondary N) is 1. The zero-order chi connectivity index (χ0) is 13.9. The van der Waals surface area contributed by atoms with Gasteiger partial charge >= 0.3 is 0 Å². The van der Waals surface area contributed by atoms with E-state index in [0.29, 0.717) is 0 Å². The van der Waals surface area contributed by atoms with Gasteiger partial charge in [0, 0.05) is 24.2 Å². The number of benzene rings is 2. The summed E-state index contributed by atoms with van der Waals surface area (Å²) in [6, 6.07) is 15.3. The Morgan fingerprint density at radius 2 is 1.90 bits per heavy atom. The van der Waals surface area contributed by atoms with Crippen LogP contribution in [0, 0.1) is 11.8 Å². The Labute approximate surface area is 121 Å². The summed E-state index contributed by atoms with van der Waals surface area (Å²) in [5.41, 5.74) is 1.38. The van der Waals surface area contributed by atoms with Crippen molar-refractivity contribution in [1.29, 1.82) is 0 Å². The molecule has 1 fully saturated rings. The zero-order valence-corrected chi connectivity index (χ0v) is 12.5. The minimum absolute atomic E-state index is 0.758. The Kier molecular flexibility index (Phi) is 3.93. The van der Waals surface area contributed by atoms with Crippen molar-refractivity contribution in [1.82, 2.24) is 5.32 Å². The molecule has 1 aliphatic heterocycles. The van der Waals surface area contributed by atoms with E-state index in [9.17, 15) is 0 Å². The van der Waals surface area contributed by atoms with Crippen molar-refractivity contribution in [2.24, 2.45) is 11.8 Å². The molecular weight excluding hydrogens is 244 g/mol. The minimum atomic E-state index is 0.758. The quantitative estimate of drug-likeness (QED) is 0.912. The van der Waals surface area contributed by atoms with Crippen molar-refractivity contribution < 1.29 is 0 Å². The molecule has 1 heterocycles. The molecule has 2 aromatic carbocycles. The molecule has 2 heteroatoms. The summed E-state index contributed by atoms with van der Waals surface area (Å²) in [5.74, 6) is 1.54. The molecule has 0 saturated carbocycles. The highest BCUT2D eigenvalue weighted by molar-refractivity contribution is 5.94. The molecule has 2 atom stereocenters. The average molecular weight is 268 g/mol. The molecule has 1 N–H and O–H groups in total. The number of hydrogen-bond donors (Lipinski definition) is 1. The van der Waals surface area contributed by atoms with E-state index >= 15 is 0 Å². The van der Waals surface area contributed by atoms with Gasteiger partial charge < -0.3 is 10.2 Å². The van der Waals surface area contributed by atoms with Crippen molar-refractivity contribution in [3.8, 4) is 0 Å². The lowest BCUT2D eigenvalue weighted by Gasteiger charge is -2.29. The predicted octanol–water partition coefficient (Wildman–Crippen LogP) is 3.52. The summed E-state index contributed by atoms with van der Waals surface area (Å²) in [6.07, 6.45) is 0. The van der Waals surface area contributed by atoms with Crippen LogP contribution in [-0.2, 0) is 0 Å². The molecule has 0 aromatic heterocycles. The standard InChI is InChI=1S/C18H24N2/c1-3-20(13-16-12-19-11-14(16)2)18-10-6-8-15-7-4-5-9-17(15)18/h4-10,14,16,19H,3,11-13H2,1-2H3/t14-,16+/m1/s1. The van der Waals surface area contributed by atoms with Gasteiger partial charge in [-0.05, 0) is 43.3 Å². The van der Waals surface area contributed by atoms with Gasteiger partial charge in [0.25, 0.3) is 0 Å². The zero-order valence-electron chi connectivity index (χ0n) is 12.5. The van der Waals surface area contributed by atoms with E-state index in [1.807, 2.05) is 0 Å². The third-order valence-electron chi connectivity index (χ3n) is 4.62. The van der Waals surface area contributed by atoms with Crippen LogP contribution in [0.1, 0.15) is 13.8 Å². The molecule has 0 amide bonds. The summed E-state index contributed by atoms with van der Waals surface area (Å²) in [5, 5.41) is 6.22. The maximum atomic E-state index is 3.51. The number of nitrogens with zero attached hydrogens (tertiary/aromatic N) is 1. The maximum absolute atomic E-state index is 3.51. The number of hydrogen-bond acceptors (Lipinski definition) is 2. The highest BCUT2D eigenvalue weighted by Gasteiger charge is 2.25. The smallest absolute Gasteiger partial charge is 0.0445 e. The third kappa shape index (κ3) is 2.53. The maximum Gasteiger partial charge on any atom is 0.0445 e. The molecule has 2 aromatic rings.